The lowest BCUT2D eigenvalue weighted by atomic mass is 9.93. The SMILES string of the molecule is C/N=C(\N=C/C(C)Oc1cc(CN2CCC(CC(=O)O)CC2)cc(-c2cc(Cl)cc(Cl)c2)n1)N1CCN(CCOC)CC1. The third-order valence-corrected chi connectivity index (χ3v) is 8.21. The predicted octanol–water partition coefficient (Wildman–Crippen LogP) is 4.83. The monoisotopic (exact) mass is 632 g/mol. The quantitative estimate of drug-likeness (QED) is 0.278. The van der Waals surface area contributed by atoms with E-state index in [1.807, 2.05) is 31.2 Å². The van der Waals surface area contributed by atoms with Crippen LogP contribution in [0, 0.1) is 5.92 Å². The van der Waals surface area contributed by atoms with Crippen LogP contribution in [0.3, 0.4) is 0 Å². The Bertz CT molecular complexity index is 1260. The molecule has 1 aromatic heterocycles. The number of aliphatic carboxylic acids is 1. The Morgan fingerprint density at radius 1 is 1.07 bits per heavy atom. The zero-order chi connectivity index (χ0) is 30.8. The molecule has 2 aliphatic heterocycles. The molecule has 0 saturated carbocycles. The summed E-state index contributed by atoms with van der Waals surface area (Å²) in [6.45, 7) is 9.56. The van der Waals surface area contributed by atoms with Gasteiger partial charge in [-0.15, -0.1) is 0 Å². The fraction of sp³-hybridized carbons (Fsp3) is 0.548. The van der Waals surface area contributed by atoms with E-state index in [4.69, 9.17) is 42.8 Å². The molecular formula is C31H42Cl2N6O4. The van der Waals surface area contributed by atoms with E-state index >= 15 is 0 Å². The maximum absolute atomic E-state index is 11.1. The first-order valence-corrected chi connectivity index (χ1v) is 15.5. The van der Waals surface area contributed by atoms with E-state index in [0.29, 0.717) is 34.1 Å². The fourth-order valence-corrected chi connectivity index (χ4v) is 6.01. The van der Waals surface area contributed by atoms with Crippen molar-refractivity contribution in [3.05, 3.63) is 45.9 Å². The molecule has 0 amide bonds. The molecule has 0 spiro atoms. The first-order valence-electron chi connectivity index (χ1n) is 14.8. The van der Waals surface area contributed by atoms with Gasteiger partial charge in [-0.25, -0.2) is 9.98 Å². The Balaban J connectivity index is 1.45. The number of guanidine groups is 1. The Morgan fingerprint density at radius 2 is 1.77 bits per heavy atom. The van der Waals surface area contributed by atoms with Crippen LogP contribution in [0.15, 0.2) is 40.3 Å². The smallest absolute Gasteiger partial charge is 0.303 e. The molecule has 43 heavy (non-hydrogen) atoms. The van der Waals surface area contributed by atoms with E-state index in [0.717, 1.165) is 76.4 Å². The van der Waals surface area contributed by atoms with Crippen molar-refractivity contribution in [2.45, 2.75) is 38.8 Å². The molecule has 1 atom stereocenters. The van der Waals surface area contributed by atoms with Crippen molar-refractivity contribution in [2.75, 3.05) is 66.6 Å². The number of piperidine rings is 1. The number of ether oxygens (including phenoxy) is 2. The molecule has 1 unspecified atom stereocenters. The van der Waals surface area contributed by atoms with Crippen molar-refractivity contribution in [2.24, 2.45) is 15.9 Å². The van der Waals surface area contributed by atoms with Crippen LogP contribution in [-0.2, 0) is 16.1 Å². The van der Waals surface area contributed by atoms with Gasteiger partial charge in [0.1, 0.15) is 6.10 Å². The number of rotatable bonds is 11. The van der Waals surface area contributed by atoms with Crippen molar-refractivity contribution >= 4 is 41.3 Å². The van der Waals surface area contributed by atoms with Gasteiger partial charge in [-0.05, 0) is 68.6 Å². The highest BCUT2D eigenvalue weighted by Gasteiger charge is 2.22. The number of aliphatic imine (C=N–C) groups is 2. The van der Waals surface area contributed by atoms with Crippen molar-refractivity contribution in [3.8, 4) is 17.1 Å². The van der Waals surface area contributed by atoms with Gasteiger partial charge in [0, 0.05) is 87.7 Å². The lowest BCUT2D eigenvalue weighted by molar-refractivity contribution is -0.138. The van der Waals surface area contributed by atoms with Gasteiger partial charge < -0.3 is 19.5 Å². The van der Waals surface area contributed by atoms with Crippen molar-refractivity contribution in [1.82, 2.24) is 19.7 Å². The minimum atomic E-state index is -0.727. The topological polar surface area (TPSA) is 103 Å². The van der Waals surface area contributed by atoms with Crippen molar-refractivity contribution < 1.29 is 19.4 Å². The minimum absolute atomic E-state index is 0.227. The second-order valence-corrected chi connectivity index (χ2v) is 12.0. The zero-order valence-corrected chi connectivity index (χ0v) is 26.7. The normalized spacial score (nSPS) is 18.3. The number of benzene rings is 1. The standard InChI is InChI=1S/C31H42Cl2N6O4/c1-22(20-35-31(34-2)39-10-8-37(9-11-39)12-13-42-3)43-29-15-24(21-38-6-4-23(5-7-38)16-30(40)41)14-28(36-29)25-17-26(32)19-27(33)18-25/h14-15,17-20,22-23H,4-13,16,21H2,1-3H3,(H,40,41)/b34-31+,35-20-. The fourth-order valence-electron chi connectivity index (χ4n) is 5.48. The van der Waals surface area contributed by atoms with Gasteiger partial charge in [0.2, 0.25) is 11.8 Å². The molecule has 1 aromatic carbocycles. The molecule has 4 rings (SSSR count). The van der Waals surface area contributed by atoms with Crippen molar-refractivity contribution in [1.29, 1.82) is 0 Å². The van der Waals surface area contributed by atoms with Crippen LogP contribution in [0.25, 0.3) is 11.3 Å². The maximum Gasteiger partial charge on any atom is 0.303 e. The summed E-state index contributed by atoms with van der Waals surface area (Å²) in [4.78, 5) is 31.9. The number of aromatic nitrogens is 1. The number of likely N-dealkylation sites (tertiary alicyclic amines) is 1. The van der Waals surface area contributed by atoms with Crippen LogP contribution >= 0.6 is 23.2 Å². The molecule has 10 nitrogen and oxygen atoms in total. The third-order valence-electron chi connectivity index (χ3n) is 7.77. The lowest BCUT2D eigenvalue weighted by Gasteiger charge is -2.35. The van der Waals surface area contributed by atoms with Gasteiger partial charge in [0.15, 0.2) is 0 Å². The molecule has 0 bridgehead atoms. The molecule has 0 aliphatic carbocycles. The summed E-state index contributed by atoms with van der Waals surface area (Å²) in [6.07, 6.45) is 3.38. The Labute approximate surface area is 264 Å². The molecule has 0 radical (unpaired) electrons. The van der Waals surface area contributed by atoms with Crippen LogP contribution < -0.4 is 4.74 Å². The molecule has 3 heterocycles. The number of pyridine rings is 1. The number of carboxylic acids is 1. The van der Waals surface area contributed by atoms with E-state index < -0.39 is 5.97 Å². The summed E-state index contributed by atoms with van der Waals surface area (Å²) < 4.78 is 11.5. The highest BCUT2D eigenvalue weighted by molar-refractivity contribution is 6.35. The average molecular weight is 634 g/mol. The summed E-state index contributed by atoms with van der Waals surface area (Å²) in [7, 11) is 3.48. The molecule has 1 N–H and O–H groups in total. The number of hydrogen-bond acceptors (Lipinski definition) is 7. The van der Waals surface area contributed by atoms with Gasteiger partial charge in [-0.1, -0.05) is 23.2 Å². The van der Waals surface area contributed by atoms with Gasteiger partial charge in [0.05, 0.1) is 12.3 Å². The first-order chi connectivity index (χ1) is 20.7. The van der Waals surface area contributed by atoms with Crippen LogP contribution in [0.2, 0.25) is 10.0 Å². The van der Waals surface area contributed by atoms with Crippen molar-refractivity contribution in [3.63, 3.8) is 0 Å². The minimum Gasteiger partial charge on any atom is -0.481 e. The second-order valence-electron chi connectivity index (χ2n) is 11.1. The number of nitrogens with zero attached hydrogens (tertiary/aromatic N) is 6. The molecule has 2 fully saturated rings. The summed E-state index contributed by atoms with van der Waals surface area (Å²) in [5, 5.41) is 10.2. The molecule has 12 heteroatoms. The van der Waals surface area contributed by atoms with Crippen LogP contribution in [0.5, 0.6) is 5.88 Å². The Kier molecular flexibility index (Phi) is 12.6. The van der Waals surface area contributed by atoms with Gasteiger partial charge >= 0.3 is 5.97 Å². The summed E-state index contributed by atoms with van der Waals surface area (Å²) in [5.74, 6) is 0.661. The van der Waals surface area contributed by atoms with E-state index in [1.54, 1.807) is 26.4 Å². The van der Waals surface area contributed by atoms with Crippen LogP contribution in [0.1, 0.15) is 31.7 Å². The largest absolute Gasteiger partial charge is 0.481 e. The average Bonchev–Trinajstić information content (AvgIpc) is 2.97. The van der Waals surface area contributed by atoms with Gasteiger partial charge in [-0.3, -0.25) is 19.6 Å². The van der Waals surface area contributed by atoms with E-state index in [1.165, 1.54) is 0 Å². The van der Waals surface area contributed by atoms with Gasteiger partial charge in [0.25, 0.3) is 0 Å². The summed E-state index contributed by atoms with van der Waals surface area (Å²) >= 11 is 12.6. The highest BCUT2D eigenvalue weighted by Crippen LogP contribution is 2.30. The second kappa shape index (κ2) is 16.4. The van der Waals surface area contributed by atoms with E-state index in [2.05, 4.69) is 24.7 Å². The summed E-state index contributed by atoms with van der Waals surface area (Å²) in [5.41, 5.74) is 2.55. The lowest BCUT2D eigenvalue weighted by Crippen LogP contribution is -2.49. The molecule has 2 saturated heterocycles. The van der Waals surface area contributed by atoms with Gasteiger partial charge in [-0.2, -0.15) is 0 Å². The molecule has 234 valence electrons. The Hall–Kier alpha value is -2.76. The first kappa shape index (κ1) is 33.1. The number of methoxy groups -OCH3 is 1. The highest BCUT2D eigenvalue weighted by atomic mass is 35.5. The number of halogens is 2. The third kappa shape index (κ3) is 10.4. The van der Waals surface area contributed by atoms with Crippen LogP contribution in [0.4, 0.5) is 0 Å². The zero-order valence-electron chi connectivity index (χ0n) is 25.2. The molecular weight excluding hydrogens is 591 g/mol. The number of piperazine rings is 1. The summed E-state index contributed by atoms with van der Waals surface area (Å²) in [6, 6.07) is 9.36. The van der Waals surface area contributed by atoms with E-state index in [9.17, 15) is 4.79 Å². The number of hydrogen-bond donors (Lipinski definition) is 1. The number of carboxylic acid groups (broad SMARTS) is 1. The predicted molar refractivity (Wildman–Crippen MR) is 172 cm³/mol. The molecule has 2 aromatic rings. The van der Waals surface area contributed by atoms with Crippen LogP contribution in [-0.4, -0.2) is 116 Å². The number of carbonyl (C=O) groups is 1. The maximum atomic E-state index is 11.1. The molecule has 2 aliphatic rings. The van der Waals surface area contributed by atoms with E-state index in [-0.39, 0.29) is 18.4 Å². The Morgan fingerprint density at radius 3 is 2.40 bits per heavy atom.